The van der Waals surface area contributed by atoms with Crippen LogP contribution in [0.4, 0.5) is 0 Å². The average molecular weight is 224 g/mol. The Bertz CT molecular complexity index is 560. The van der Waals surface area contributed by atoms with Crippen molar-refractivity contribution in [2.75, 3.05) is 0 Å². The lowest BCUT2D eigenvalue weighted by Gasteiger charge is -2.12. The van der Waals surface area contributed by atoms with Crippen LogP contribution in [-0.2, 0) is 0 Å². The number of hydrogen-bond donors (Lipinski definition) is 1. The molecule has 0 aliphatic rings. The Kier molecular flexibility index (Phi) is 2.40. The highest BCUT2D eigenvalue weighted by Gasteiger charge is 2.10. The first kappa shape index (κ1) is 10.1. The number of nitrogens with zero attached hydrogens (tertiary/aromatic N) is 1. The summed E-state index contributed by atoms with van der Waals surface area (Å²) < 4.78 is 1.44. The van der Waals surface area contributed by atoms with Crippen LogP contribution in [0.2, 0.25) is 0 Å². The van der Waals surface area contributed by atoms with Gasteiger partial charge in [0.05, 0.1) is 5.52 Å². The summed E-state index contributed by atoms with van der Waals surface area (Å²) in [5.74, 6) is -0.0100. The fourth-order valence-corrected chi connectivity index (χ4v) is 1.85. The largest absolute Gasteiger partial charge is 0.507 e. The molecule has 2 aromatic rings. The van der Waals surface area contributed by atoms with Crippen LogP contribution in [-0.4, -0.2) is 9.67 Å². The smallest absolute Gasteiger partial charge is 0.255 e. The third-order valence-electron chi connectivity index (χ3n) is 2.29. The van der Waals surface area contributed by atoms with Gasteiger partial charge in [-0.3, -0.25) is 9.36 Å². The van der Waals surface area contributed by atoms with Gasteiger partial charge in [-0.05, 0) is 19.1 Å². The molecule has 1 heterocycles. The highest BCUT2D eigenvalue weighted by atomic mass is 35.5. The molecule has 1 N–H and O–H groups in total. The zero-order valence-electron chi connectivity index (χ0n) is 8.14. The monoisotopic (exact) mass is 223 g/mol. The Labute approximate surface area is 91.5 Å². The van der Waals surface area contributed by atoms with Crippen LogP contribution in [0.3, 0.4) is 0 Å². The maximum atomic E-state index is 11.6. The fourth-order valence-electron chi connectivity index (χ4n) is 1.65. The lowest BCUT2D eigenvalue weighted by molar-refractivity contribution is 0.478. The number of para-hydroxylation sites is 1. The van der Waals surface area contributed by atoms with Crippen molar-refractivity contribution in [1.82, 2.24) is 4.57 Å². The molecule has 1 aromatic heterocycles. The van der Waals surface area contributed by atoms with Gasteiger partial charge in [0, 0.05) is 11.5 Å². The number of alkyl halides is 1. The van der Waals surface area contributed by atoms with E-state index in [9.17, 15) is 9.90 Å². The van der Waals surface area contributed by atoms with Crippen LogP contribution in [0.5, 0.6) is 5.75 Å². The summed E-state index contributed by atoms with van der Waals surface area (Å²) in [5, 5.41) is 10.2. The number of aromatic nitrogens is 1. The molecule has 1 aromatic carbocycles. The van der Waals surface area contributed by atoms with Crippen molar-refractivity contribution in [1.29, 1.82) is 0 Å². The van der Waals surface area contributed by atoms with E-state index in [1.807, 2.05) is 0 Å². The summed E-state index contributed by atoms with van der Waals surface area (Å²) in [5.41, 5.74) is -0.0956. The predicted octanol–water partition coefficient (Wildman–Crippen LogP) is 2.46. The van der Waals surface area contributed by atoms with E-state index in [2.05, 4.69) is 0 Å². The van der Waals surface area contributed by atoms with Crippen molar-refractivity contribution in [2.24, 2.45) is 0 Å². The third kappa shape index (κ3) is 1.59. The van der Waals surface area contributed by atoms with Gasteiger partial charge in [-0.15, -0.1) is 0 Å². The highest BCUT2D eigenvalue weighted by Crippen LogP contribution is 2.24. The first-order chi connectivity index (χ1) is 7.11. The van der Waals surface area contributed by atoms with E-state index >= 15 is 0 Å². The van der Waals surface area contributed by atoms with Gasteiger partial charge in [0.1, 0.15) is 11.3 Å². The number of hydrogen-bond acceptors (Lipinski definition) is 2. The van der Waals surface area contributed by atoms with E-state index in [-0.39, 0.29) is 11.3 Å². The van der Waals surface area contributed by atoms with Crippen LogP contribution >= 0.6 is 11.6 Å². The van der Waals surface area contributed by atoms with E-state index in [0.717, 1.165) is 0 Å². The summed E-state index contributed by atoms with van der Waals surface area (Å²) in [6.07, 6.45) is 0. The molecule has 0 fully saturated rings. The summed E-state index contributed by atoms with van der Waals surface area (Å²) in [6.45, 7) is 1.71. The molecule has 1 atom stereocenters. The number of benzene rings is 1. The molecular formula is C11H10ClNO2. The van der Waals surface area contributed by atoms with Crippen LogP contribution in [0.25, 0.3) is 10.9 Å². The van der Waals surface area contributed by atoms with Crippen LogP contribution in [0, 0.1) is 0 Å². The number of halogens is 1. The van der Waals surface area contributed by atoms with Crippen LogP contribution in [0.1, 0.15) is 12.4 Å². The Hall–Kier alpha value is -1.48. The first-order valence-corrected chi connectivity index (χ1v) is 5.02. The normalized spacial score (nSPS) is 12.9. The van der Waals surface area contributed by atoms with Gasteiger partial charge in [-0.1, -0.05) is 23.7 Å². The molecule has 0 amide bonds. The molecule has 0 bridgehead atoms. The van der Waals surface area contributed by atoms with E-state index in [1.54, 1.807) is 31.2 Å². The molecule has 4 heteroatoms. The first-order valence-electron chi connectivity index (χ1n) is 4.58. The molecule has 15 heavy (non-hydrogen) atoms. The van der Waals surface area contributed by atoms with Crippen LogP contribution in [0.15, 0.2) is 35.1 Å². The molecule has 78 valence electrons. The molecule has 1 unspecified atom stereocenters. The Morgan fingerprint density at radius 3 is 2.73 bits per heavy atom. The molecular weight excluding hydrogens is 214 g/mol. The van der Waals surface area contributed by atoms with Crippen molar-refractivity contribution in [3.63, 3.8) is 0 Å². The van der Waals surface area contributed by atoms with Gasteiger partial charge < -0.3 is 5.11 Å². The van der Waals surface area contributed by atoms with E-state index in [1.165, 1.54) is 10.6 Å². The van der Waals surface area contributed by atoms with Gasteiger partial charge >= 0.3 is 0 Å². The molecule has 0 saturated heterocycles. The lowest BCUT2D eigenvalue weighted by Crippen LogP contribution is -2.20. The zero-order valence-corrected chi connectivity index (χ0v) is 8.90. The minimum Gasteiger partial charge on any atom is -0.507 e. The molecule has 0 saturated carbocycles. The predicted molar refractivity (Wildman–Crippen MR) is 60.4 cm³/mol. The van der Waals surface area contributed by atoms with Crippen LogP contribution < -0.4 is 5.56 Å². The molecule has 2 rings (SSSR count). The number of rotatable bonds is 1. The Morgan fingerprint density at radius 2 is 2.07 bits per heavy atom. The second kappa shape index (κ2) is 3.59. The number of pyridine rings is 1. The molecule has 0 aliphatic heterocycles. The molecule has 0 aliphatic carbocycles. The Balaban J connectivity index is 2.96. The molecule has 0 radical (unpaired) electrons. The lowest BCUT2D eigenvalue weighted by atomic mass is 10.2. The second-order valence-electron chi connectivity index (χ2n) is 3.33. The quantitative estimate of drug-likeness (QED) is 0.755. The van der Waals surface area contributed by atoms with Crippen molar-refractivity contribution >= 4 is 22.5 Å². The van der Waals surface area contributed by atoms with Gasteiger partial charge in [-0.25, -0.2) is 0 Å². The Morgan fingerprint density at radius 1 is 1.40 bits per heavy atom. The SMILES string of the molecule is CC(Cl)n1c(=O)cc(O)c2ccccc21. The average Bonchev–Trinajstić information content (AvgIpc) is 2.17. The summed E-state index contributed by atoms with van der Waals surface area (Å²) >= 11 is 5.92. The zero-order chi connectivity index (χ0) is 11.0. The molecule has 3 nitrogen and oxygen atoms in total. The maximum Gasteiger partial charge on any atom is 0.255 e. The van der Waals surface area contributed by atoms with Crippen molar-refractivity contribution in [3.8, 4) is 5.75 Å². The van der Waals surface area contributed by atoms with Gasteiger partial charge in [-0.2, -0.15) is 0 Å². The fraction of sp³-hybridized carbons (Fsp3) is 0.182. The minimum atomic E-state index is -0.442. The summed E-state index contributed by atoms with van der Waals surface area (Å²) in [7, 11) is 0. The molecule has 0 spiro atoms. The summed E-state index contributed by atoms with van der Waals surface area (Å²) in [6, 6.07) is 8.29. The maximum absolute atomic E-state index is 11.6. The number of fused-ring (bicyclic) bond motifs is 1. The van der Waals surface area contributed by atoms with E-state index < -0.39 is 5.50 Å². The van der Waals surface area contributed by atoms with Gasteiger partial charge in [0.25, 0.3) is 5.56 Å². The highest BCUT2D eigenvalue weighted by molar-refractivity contribution is 6.19. The van der Waals surface area contributed by atoms with Crippen molar-refractivity contribution in [2.45, 2.75) is 12.4 Å². The van der Waals surface area contributed by atoms with E-state index in [4.69, 9.17) is 11.6 Å². The minimum absolute atomic E-state index is 0.0100. The second-order valence-corrected chi connectivity index (χ2v) is 3.96. The van der Waals surface area contributed by atoms with E-state index in [0.29, 0.717) is 10.9 Å². The standard InChI is InChI=1S/C11H10ClNO2/c1-7(12)13-9-5-3-2-4-8(9)10(14)6-11(13)15/h2-7,14H,1H3. The summed E-state index contributed by atoms with van der Waals surface area (Å²) in [4.78, 5) is 11.6. The van der Waals surface area contributed by atoms with Crippen molar-refractivity contribution < 1.29 is 5.11 Å². The third-order valence-corrected chi connectivity index (χ3v) is 2.49. The number of aromatic hydroxyl groups is 1. The van der Waals surface area contributed by atoms with Gasteiger partial charge in [0.2, 0.25) is 0 Å². The van der Waals surface area contributed by atoms with Gasteiger partial charge in [0.15, 0.2) is 0 Å². The van der Waals surface area contributed by atoms with Crippen molar-refractivity contribution in [3.05, 3.63) is 40.7 Å². The topological polar surface area (TPSA) is 42.2 Å².